The maximum atomic E-state index is 12.4. The van der Waals surface area contributed by atoms with Crippen molar-refractivity contribution in [1.29, 1.82) is 0 Å². The van der Waals surface area contributed by atoms with Gasteiger partial charge in [-0.1, -0.05) is 0 Å². The molecular weight excluding hydrogens is 264 g/mol. The third-order valence-corrected chi connectivity index (χ3v) is 3.06. The van der Waals surface area contributed by atoms with Crippen LogP contribution in [0.3, 0.4) is 0 Å². The van der Waals surface area contributed by atoms with E-state index in [9.17, 15) is 9.59 Å². The minimum absolute atomic E-state index is 0.0620. The summed E-state index contributed by atoms with van der Waals surface area (Å²) in [6.07, 6.45) is 1.49. The summed E-state index contributed by atoms with van der Waals surface area (Å²) in [5.74, 6) is 0.592. The minimum Gasteiger partial charge on any atom is -0.424 e. The lowest BCUT2D eigenvalue weighted by atomic mass is 10.5. The number of hydrogen-bond acceptors (Lipinski definition) is 6. The Morgan fingerprint density at radius 3 is 2.65 bits per heavy atom. The second-order valence-corrected chi connectivity index (χ2v) is 4.48. The van der Waals surface area contributed by atoms with Gasteiger partial charge >= 0.3 is 5.69 Å². The smallest absolute Gasteiger partial charge is 0.332 e. The van der Waals surface area contributed by atoms with Crippen LogP contribution in [0, 0.1) is 6.92 Å². The summed E-state index contributed by atoms with van der Waals surface area (Å²) in [6.45, 7) is 1.58. The molecule has 0 N–H and O–H groups in total. The van der Waals surface area contributed by atoms with Gasteiger partial charge in [0.05, 0.1) is 6.33 Å². The van der Waals surface area contributed by atoms with Crippen LogP contribution < -0.4 is 11.2 Å². The molecule has 3 rings (SSSR count). The average molecular weight is 276 g/mol. The maximum absolute atomic E-state index is 12.4. The number of fused-ring (bicyclic) bond motifs is 1. The third-order valence-electron chi connectivity index (χ3n) is 3.06. The first-order valence-corrected chi connectivity index (χ1v) is 5.89. The first-order chi connectivity index (χ1) is 9.49. The van der Waals surface area contributed by atoms with E-state index in [4.69, 9.17) is 4.42 Å². The van der Waals surface area contributed by atoms with Crippen LogP contribution in [0.2, 0.25) is 0 Å². The van der Waals surface area contributed by atoms with Crippen LogP contribution in [0.15, 0.2) is 20.3 Å². The molecule has 3 aromatic rings. The average Bonchev–Trinajstić information content (AvgIpc) is 2.98. The van der Waals surface area contributed by atoms with Crippen LogP contribution in [-0.4, -0.2) is 28.9 Å². The quantitative estimate of drug-likeness (QED) is 0.605. The molecule has 0 atom stereocenters. The van der Waals surface area contributed by atoms with Gasteiger partial charge in [-0.2, -0.15) is 0 Å². The first-order valence-electron chi connectivity index (χ1n) is 5.89. The summed E-state index contributed by atoms with van der Waals surface area (Å²) in [5.41, 5.74) is -0.209. The van der Waals surface area contributed by atoms with Gasteiger partial charge in [0, 0.05) is 21.0 Å². The first kappa shape index (κ1) is 12.3. The summed E-state index contributed by atoms with van der Waals surface area (Å²) in [7, 11) is 3.26. The number of hydrogen-bond donors (Lipinski definition) is 0. The molecular formula is C11H12N6O3. The van der Waals surface area contributed by atoms with E-state index in [1.807, 2.05) is 0 Å². The zero-order valence-corrected chi connectivity index (χ0v) is 11.2. The summed E-state index contributed by atoms with van der Waals surface area (Å²) in [5, 5.41) is 7.47. The summed E-state index contributed by atoms with van der Waals surface area (Å²) < 4.78 is 9.16. The van der Waals surface area contributed by atoms with E-state index in [1.165, 1.54) is 10.9 Å². The van der Waals surface area contributed by atoms with E-state index in [0.29, 0.717) is 17.1 Å². The molecule has 0 amide bonds. The van der Waals surface area contributed by atoms with Crippen molar-refractivity contribution in [1.82, 2.24) is 28.9 Å². The van der Waals surface area contributed by atoms with E-state index in [0.717, 1.165) is 4.57 Å². The van der Waals surface area contributed by atoms with Gasteiger partial charge in [-0.15, -0.1) is 10.2 Å². The van der Waals surface area contributed by atoms with Crippen molar-refractivity contribution in [2.45, 2.75) is 13.5 Å². The molecule has 0 unspecified atom stereocenters. The van der Waals surface area contributed by atoms with Crippen LogP contribution in [0.1, 0.15) is 11.8 Å². The van der Waals surface area contributed by atoms with E-state index in [-0.39, 0.29) is 12.4 Å². The molecule has 3 aromatic heterocycles. The SMILES string of the molecule is Cc1nnc(Cn2c(=O)c3c(ncn3C)n(C)c2=O)o1. The molecule has 0 aromatic carbocycles. The predicted molar refractivity (Wildman–Crippen MR) is 68.4 cm³/mol. The number of imidazole rings is 1. The fourth-order valence-electron chi connectivity index (χ4n) is 2.07. The fraction of sp³-hybridized carbons (Fsp3) is 0.364. The van der Waals surface area contributed by atoms with Crippen LogP contribution >= 0.6 is 0 Å². The van der Waals surface area contributed by atoms with Crippen molar-refractivity contribution in [2.24, 2.45) is 14.1 Å². The van der Waals surface area contributed by atoms with Crippen LogP contribution in [0.4, 0.5) is 0 Å². The molecule has 0 aliphatic heterocycles. The van der Waals surface area contributed by atoms with Gasteiger partial charge in [0.1, 0.15) is 6.54 Å². The van der Waals surface area contributed by atoms with Crippen molar-refractivity contribution in [3.63, 3.8) is 0 Å². The molecule has 0 saturated carbocycles. The van der Waals surface area contributed by atoms with E-state index < -0.39 is 11.2 Å². The standard InChI is InChI=1S/C11H12N6O3/c1-6-13-14-7(20-6)4-17-10(18)8-9(12-5-15(8)2)16(3)11(17)19/h5H,4H2,1-3H3. The highest BCUT2D eigenvalue weighted by Crippen LogP contribution is 2.04. The molecule has 104 valence electrons. The summed E-state index contributed by atoms with van der Waals surface area (Å²) in [6, 6.07) is 0. The highest BCUT2D eigenvalue weighted by molar-refractivity contribution is 5.69. The van der Waals surface area contributed by atoms with Gasteiger partial charge in [-0.3, -0.25) is 9.36 Å². The summed E-state index contributed by atoms with van der Waals surface area (Å²) >= 11 is 0. The zero-order valence-electron chi connectivity index (χ0n) is 11.2. The van der Waals surface area contributed by atoms with Gasteiger partial charge < -0.3 is 8.98 Å². The normalized spacial score (nSPS) is 11.3. The fourth-order valence-corrected chi connectivity index (χ4v) is 2.07. The van der Waals surface area contributed by atoms with Gasteiger partial charge in [-0.25, -0.2) is 14.3 Å². The topological polar surface area (TPSA) is 101 Å². The highest BCUT2D eigenvalue weighted by Gasteiger charge is 2.16. The van der Waals surface area contributed by atoms with E-state index in [1.54, 1.807) is 25.6 Å². The second kappa shape index (κ2) is 4.15. The van der Waals surface area contributed by atoms with Gasteiger partial charge in [0.25, 0.3) is 5.56 Å². The zero-order chi connectivity index (χ0) is 14.4. The molecule has 9 nitrogen and oxygen atoms in total. The molecule has 0 aliphatic carbocycles. The molecule has 0 fully saturated rings. The maximum Gasteiger partial charge on any atom is 0.332 e. The second-order valence-electron chi connectivity index (χ2n) is 4.48. The van der Waals surface area contributed by atoms with Gasteiger partial charge in [0.15, 0.2) is 11.2 Å². The van der Waals surface area contributed by atoms with Gasteiger partial charge in [0.2, 0.25) is 11.8 Å². The highest BCUT2D eigenvalue weighted by atomic mass is 16.4. The Balaban J connectivity index is 2.27. The molecule has 9 heteroatoms. The molecule has 0 bridgehead atoms. The minimum atomic E-state index is -0.475. The molecule has 20 heavy (non-hydrogen) atoms. The lowest BCUT2D eigenvalue weighted by Crippen LogP contribution is -2.39. The molecule has 0 aliphatic rings. The lowest BCUT2D eigenvalue weighted by Gasteiger charge is -2.06. The molecule has 3 heterocycles. The number of aryl methyl sites for hydroxylation is 3. The largest absolute Gasteiger partial charge is 0.424 e. The third kappa shape index (κ3) is 1.67. The van der Waals surface area contributed by atoms with Crippen LogP contribution in [0.5, 0.6) is 0 Å². The Morgan fingerprint density at radius 1 is 1.25 bits per heavy atom. The van der Waals surface area contributed by atoms with Crippen molar-refractivity contribution in [3.8, 4) is 0 Å². The number of rotatable bonds is 2. The number of aromatic nitrogens is 6. The van der Waals surface area contributed by atoms with Crippen LogP contribution in [-0.2, 0) is 20.6 Å². The molecule has 0 saturated heterocycles. The van der Waals surface area contributed by atoms with Gasteiger partial charge in [-0.05, 0) is 0 Å². The Kier molecular flexibility index (Phi) is 2.56. The van der Waals surface area contributed by atoms with Crippen molar-refractivity contribution < 1.29 is 4.42 Å². The Morgan fingerprint density at radius 2 is 2.00 bits per heavy atom. The summed E-state index contributed by atoms with van der Waals surface area (Å²) in [4.78, 5) is 28.7. The predicted octanol–water partition coefficient (Wildman–Crippen LogP) is -0.827. The van der Waals surface area contributed by atoms with Crippen molar-refractivity contribution in [3.05, 3.63) is 38.9 Å². The Labute approximate surface area is 112 Å². The molecule has 0 radical (unpaired) electrons. The number of nitrogens with zero attached hydrogens (tertiary/aromatic N) is 6. The van der Waals surface area contributed by atoms with Crippen molar-refractivity contribution >= 4 is 11.2 Å². The molecule has 0 spiro atoms. The van der Waals surface area contributed by atoms with E-state index in [2.05, 4.69) is 15.2 Å². The van der Waals surface area contributed by atoms with E-state index >= 15 is 0 Å². The van der Waals surface area contributed by atoms with Crippen LogP contribution in [0.25, 0.3) is 11.2 Å². The monoisotopic (exact) mass is 276 g/mol. The lowest BCUT2D eigenvalue weighted by molar-refractivity contribution is 0.445. The van der Waals surface area contributed by atoms with Crippen molar-refractivity contribution in [2.75, 3.05) is 0 Å². The Hall–Kier alpha value is -2.71. The Bertz CT molecular complexity index is 913.